The molecular formula is C12H14FNO4. The average molecular weight is 255 g/mol. The molecule has 0 fully saturated rings. The zero-order valence-electron chi connectivity index (χ0n) is 10.3. The summed E-state index contributed by atoms with van der Waals surface area (Å²) in [5, 5.41) is 11.8. The topological polar surface area (TPSA) is 75.6 Å². The summed E-state index contributed by atoms with van der Waals surface area (Å²) in [6.45, 7) is 4.98. The number of aldehydes is 1. The molecule has 0 atom stereocenters. The van der Waals surface area contributed by atoms with Crippen molar-refractivity contribution in [3.8, 4) is 5.75 Å². The molecular weight excluding hydrogens is 241 g/mol. The Balaban J connectivity index is 2.94. The van der Waals surface area contributed by atoms with E-state index < -0.39 is 23.3 Å². The third-order valence-corrected chi connectivity index (χ3v) is 1.87. The largest absolute Gasteiger partial charge is 0.505 e. The molecule has 0 aromatic heterocycles. The van der Waals surface area contributed by atoms with Crippen molar-refractivity contribution >= 4 is 18.1 Å². The molecule has 0 heterocycles. The predicted molar refractivity (Wildman–Crippen MR) is 63.3 cm³/mol. The summed E-state index contributed by atoms with van der Waals surface area (Å²) in [7, 11) is 0. The number of phenolic OH excluding ortho intramolecular Hbond substituents is 1. The number of hydrogen-bond acceptors (Lipinski definition) is 4. The lowest BCUT2D eigenvalue weighted by atomic mass is 10.2. The molecule has 0 aliphatic carbocycles. The van der Waals surface area contributed by atoms with Gasteiger partial charge in [-0.1, -0.05) is 0 Å². The number of phenols is 1. The molecule has 0 bridgehead atoms. The van der Waals surface area contributed by atoms with E-state index in [0.29, 0.717) is 6.29 Å². The summed E-state index contributed by atoms with van der Waals surface area (Å²) in [5.41, 5.74) is -1.19. The summed E-state index contributed by atoms with van der Waals surface area (Å²) >= 11 is 0. The molecule has 1 amide bonds. The van der Waals surface area contributed by atoms with Gasteiger partial charge in [0.05, 0.1) is 11.3 Å². The lowest BCUT2D eigenvalue weighted by molar-refractivity contribution is 0.0635. The van der Waals surface area contributed by atoms with Crippen molar-refractivity contribution in [2.75, 3.05) is 5.32 Å². The number of nitrogens with one attached hydrogen (secondary N) is 1. The first-order valence-electron chi connectivity index (χ1n) is 5.20. The normalized spacial score (nSPS) is 10.9. The molecule has 0 saturated carbocycles. The number of aromatic hydroxyl groups is 1. The number of benzene rings is 1. The van der Waals surface area contributed by atoms with Gasteiger partial charge in [-0.2, -0.15) is 0 Å². The standard InChI is InChI=1S/C12H14FNO4/c1-12(2,3)18-11(17)14-9-5-8(13)4-7(6-15)10(9)16/h4-6,16H,1-3H3,(H,14,17). The van der Waals surface area contributed by atoms with Crippen LogP contribution in [0.2, 0.25) is 0 Å². The summed E-state index contributed by atoms with van der Waals surface area (Å²) in [6.07, 6.45) is -0.557. The quantitative estimate of drug-likeness (QED) is 0.629. The number of hydrogen-bond donors (Lipinski definition) is 2. The highest BCUT2D eigenvalue weighted by molar-refractivity contribution is 5.91. The SMILES string of the molecule is CC(C)(C)OC(=O)Nc1cc(F)cc(C=O)c1O. The summed E-state index contributed by atoms with van der Waals surface area (Å²) in [6, 6.07) is 1.76. The Morgan fingerprint density at radius 3 is 2.56 bits per heavy atom. The summed E-state index contributed by atoms with van der Waals surface area (Å²) in [4.78, 5) is 22.0. The van der Waals surface area contributed by atoms with E-state index in [4.69, 9.17) is 4.74 Å². The minimum atomic E-state index is -0.847. The molecule has 0 unspecified atom stereocenters. The van der Waals surface area contributed by atoms with Gasteiger partial charge >= 0.3 is 6.09 Å². The van der Waals surface area contributed by atoms with E-state index in [0.717, 1.165) is 12.1 Å². The van der Waals surface area contributed by atoms with E-state index in [2.05, 4.69) is 5.32 Å². The van der Waals surface area contributed by atoms with Crippen LogP contribution in [0, 0.1) is 5.82 Å². The minimum absolute atomic E-state index is 0.216. The molecule has 5 nitrogen and oxygen atoms in total. The van der Waals surface area contributed by atoms with E-state index in [1.54, 1.807) is 20.8 Å². The molecule has 1 aromatic carbocycles. The van der Waals surface area contributed by atoms with Gasteiger partial charge in [0.15, 0.2) is 6.29 Å². The lowest BCUT2D eigenvalue weighted by Crippen LogP contribution is -2.27. The van der Waals surface area contributed by atoms with Crippen LogP contribution in [0.4, 0.5) is 14.9 Å². The van der Waals surface area contributed by atoms with Gasteiger partial charge in [0.2, 0.25) is 0 Å². The first-order chi connectivity index (χ1) is 8.23. The zero-order valence-corrected chi connectivity index (χ0v) is 10.3. The second kappa shape index (κ2) is 5.03. The molecule has 0 radical (unpaired) electrons. The van der Waals surface area contributed by atoms with Crippen LogP contribution < -0.4 is 5.32 Å². The Kier molecular flexibility index (Phi) is 3.90. The molecule has 0 spiro atoms. The maximum atomic E-state index is 13.1. The maximum Gasteiger partial charge on any atom is 0.412 e. The van der Waals surface area contributed by atoms with E-state index >= 15 is 0 Å². The highest BCUT2D eigenvalue weighted by Gasteiger charge is 2.18. The van der Waals surface area contributed by atoms with Crippen LogP contribution in [0.25, 0.3) is 0 Å². The molecule has 98 valence electrons. The molecule has 0 saturated heterocycles. The number of anilines is 1. The van der Waals surface area contributed by atoms with Crippen LogP contribution in [-0.2, 0) is 4.74 Å². The first-order valence-corrected chi connectivity index (χ1v) is 5.20. The fourth-order valence-electron chi connectivity index (χ4n) is 1.22. The Morgan fingerprint density at radius 2 is 2.06 bits per heavy atom. The predicted octanol–water partition coefficient (Wildman–Crippen LogP) is 2.69. The van der Waals surface area contributed by atoms with Crippen molar-refractivity contribution in [1.82, 2.24) is 0 Å². The maximum absolute atomic E-state index is 13.1. The van der Waals surface area contributed by atoms with E-state index in [1.807, 2.05) is 0 Å². The van der Waals surface area contributed by atoms with Crippen molar-refractivity contribution in [3.05, 3.63) is 23.5 Å². The van der Waals surface area contributed by atoms with Crippen LogP contribution in [0.5, 0.6) is 5.75 Å². The second-order valence-corrected chi connectivity index (χ2v) is 4.64. The van der Waals surface area contributed by atoms with E-state index in [9.17, 15) is 19.1 Å². The van der Waals surface area contributed by atoms with Gasteiger partial charge in [-0.15, -0.1) is 0 Å². The van der Waals surface area contributed by atoms with Gasteiger partial charge in [0.1, 0.15) is 17.2 Å². The van der Waals surface area contributed by atoms with Crippen molar-refractivity contribution in [2.45, 2.75) is 26.4 Å². The van der Waals surface area contributed by atoms with Gasteiger partial charge < -0.3 is 9.84 Å². The highest BCUT2D eigenvalue weighted by Crippen LogP contribution is 2.28. The van der Waals surface area contributed by atoms with Crippen LogP contribution >= 0.6 is 0 Å². The van der Waals surface area contributed by atoms with E-state index in [-0.39, 0.29) is 11.3 Å². The van der Waals surface area contributed by atoms with E-state index in [1.165, 1.54) is 0 Å². The van der Waals surface area contributed by atoms with Crippen LogP contribution in [0.15, 0.2) is 12.1 Å². The first kappa shape index (κ1) is 14.0. The monoisotopic (exact) mass is 255 g/mol. The Morgan fingerprint density at radius 1 is 1.44 bits per heavy atom. The van der Waals surface area contributed by atoms with Gasteiger partial charge in [-0.05, 0) is 26.8 Å². The van der Waals surface area contributed by atoms with Gasteiger partial charge in [-0.3, -0.25) is 10.1 Å². The highest BCUT2D eigenvalue weighted by atomic mass is 19.1. The number of carbonyl (C=O) groups excluding carboxylic acids is 2. The Bertz CT molecular complexity index is 480. The van der Waals surface area contributed by atoms with Crippen LogP contribution in [0.1, 0.15) is 31.1 Å². The Labute approximate surface area is 104 Å². The van der Waals surface area contributed by atoms with Crippen molar-refractivity contribution in [3.63, 3.8) is 0 Å². The van der Waals surface area contributed by atoms with Gasteiger partial charge in [0, 0.05) is 6.07 Å². The van der Waals surface area contributed by atoms with Crippen LogP contribution in [-0.4, -0.2) is 23.1 Å². The van der Waals surface area contributed by atoms with Crippen molar-refractivity contribution < 1.29 is 23.8 Å². The van der Waals surface area contributed by atoms with Gasteiger partial charge in [0.25, 0.3) is 0 Å². The molecule has 2 N–H and O–H groups in total. The average Bonchev–Trinajstić information content (AvgIpc) is 2.20. The number of rotatable bonds is 2. The molecule has 0 aliphatic heterocycles. The number of ether oxygens (including phenoxy) is 1. The minimum Gasteiger partial charge on any atom is -0.505 e. The third kappa shape index (κ3) is 3.73. The summed E-state index contributed by atoms with van der Waals surface area (Å²) < 4.78 is 18.1. The summed E-state index contributed by atoms with van der Waals surface area (Å²) in [5.74, 6) is -1.25. The number of carbonyl (C=O) groups is 2. The van der Waals surface area contributed by atoms with Crippen molar-refractivity contribution in [1.29, 1.82) is 0 Å². The molecule has 6 heteroatoms. The number of amides is 1. The molecule has 18 heavy (non-hydrogen) atoms. The fraction of sp³-hybridized carbons (Fsp3) is 0.333. The molecule has 1 rings (SSSR count). The Hall–Kier alpha value is -2.11. The van der Waals surface area contributed by atoms with Crippen molar-refractivity contribution in [2.24, 2.45) is 0 Å². The fourth-order valence-corrected chi connectivity index (χ4v) is 1.22. The van der Waals surface area contributed by atoms with Gasteiger partial charge in [-0.25, -0.2) is 9.18 Å². The smallest absolute Gasteiger partial charge is 0.412 e. The van der Waals surface area contributed by atoms with Crippen LogP contribution in [0.3, 0.4) is 0 Å². The zero-order chi connectivity index (χ0) is 13.9. The number of halogens is 1. The third-order valence-electron chi connectivity index (χ3n) is 1.87. The lowest BCUT2D eigenvalue weighted by Gasteiger charge is -2.20. The molecule has 1 aromatic rings. The molecule has 0 aliphatic rings. The second-order valence-electron chi connectivity index (χ2n) is 4.64.